The number of nitrogens with zero attached hydrogens (tertiary/aromatic N) is 4. The molecule has 3 rings (SSSR count). The molecule has 0 amide bonds. The van der Waals surface area contributed by atoms with Crippen LogP contribution in [0.1, 0.15) is 37.5 Å². The number of hydrogen-bond donors (Lipinski definition) is 1. The number of aromatic nitrogens is 2. The summed E-state index contributed by atoms with van der Waals surface area (Å²) in [6, 6.07) is -0.404. The molecule has 1 fully saturated rings. The Morgan fingerprint density at radius 2 is 2.33 bits per heavy atom. The summed E-state index contributed by atoms with van der Waals surface area (Å²) in [4.78, 5) is 29.7. The number of rotatable bonds is 4. The van der Waals surface area contributed by atoms with Gasteiger partial charge in [-0.05, 0) is 31.7 Å². The smallest absolute Gasteiger partial charge is 0.330 e. The van der Waals surface area contributed by atoms with Crippen molar-refractivity contribution in [1.29, 1.82) is 0 Å². The van der Waals surface area contributed by atoms with Crippen molar-refractivity contribution in [3.8, 4) is 0 Å². The zero-order chi connectivity index (χ0) is 17.1. The van der Waals surface area contributed by atoms with Gasteiger partial charge in [-0.2, -0.15) is 0 Å². The summed E-state index contributed by atoms with van der Waals surface area (Å²) in [6.07, 6.45) is 9.32. The first-order valence-electron chi connectivity index (χ1n) is 7.95. The number of ether oxygens (including phenoxy) is 1. The number of aryl methyl sites for hydroxylation is 1. The average molecular weight is 329 g/mol. The highest BCUT2D eigenvalue weighted by Crippen LogP contribution is 2.34. The van der Waals surface area contributed by atoms with Crippen LogP contribution in [0.15, 0.2) is 44.7 Å². The Hall–Kier alpha value is -2.57. The van der Waals surface area contributed by atoms with Crippen LogP contribution >= 0.6 is 0 Å². The molecule has 1 aliphatic heterocycles. The van der Waals surface area contributed by atoms with E-state index in [1.165, 1.54) is 11.8 Å². The maximum atomic E-state index is 12.3. The lowest BCUT2D eigenvalue weighted by molar-refractivity contribution is -0.00438. The van der Waals surface area contributed by atoms with Gasteiger partial charge in [-0.1, -0.05) is 28.9 Å². The normalized spacial score (nSPS) is 26.0. The quantitative estimate of drug-likeness (QED) is 0.520. The molecule has 0 aromatic carbocycles. The summed E-state index contributed by atoms with van der Waals surface area (Å²) >= 11 is 0. The number of H-pyrrole nitrogens is 1. The zero-order valence-electron chi connectivity index (χ0n) is 13.4. The molecule has 1 aliphatic carbocycles. The van der Waals surface area contributed by atoms with E-state index in [2.05, 4.69) is 21.1 Å². The van der Waals surface area contributed by atoms with Crippen LogP contribution in [0.3, 0.4) is 0 Å². The van der Waals surface area contributed by atoms with Gasteiger partial charge in [0, 0.05) is 23.1 Å². The number of azide groups is 1. The van der Waals surface area contributed by atoms with Crippen LogP contribution in [-0.4, -0.2) is 21.7 Å². The predicted molar refractivity (Wildman–Crippen MR) is 88.6 cm³/mol. The minimum Gasteiger partial charge on any atom is -0.354 e. The van der Waals surface area contributed by atoms with Gasteiger partial charge in [-0.3, -0.25) is 4.79 Å². The minimum atomic E-state index is -0.721. The predicted octanol–water partition coefficient (Wildman–Crippen LogP) is 2.48. The average Bonchev–Trinajstić information content (AvgIpc) is 2.95. The number of aromatic amines is 1. The molecule has 1 aromatic rings. The van der Waals surface area contributed by atoms with Crippen molar-refractivity contribution in [3.05, 3.63) is 66.8 Å². The van der Waals surface area contributed by atoms with Crippen LogP contribution in [0.5, 0.6) is 0 Å². The molecule has 2 heterocycles. The van der Waals surface area contributed by atoms with Gasteiger partial charge in [0.1, 0.15) is 6.23 Å². The summed E-state index contributed by atoms with van der Waals surface area (Å²) in [5.41, 5.74) is 9.55. The van der Waals surface area contributed by atoms with Crippen LogP contribution < -0.4 is 11.2 Å². The fraction of sp³-hybridized carbons (Fsp3) is 0.500. The summed E-state index contributed by atoms with van der Waals surface area (Å²) < 4.78 is 7.02. The molecular formula is C16H19N5O3. The summed E-state index contributed by atoms with van der Waals surface area (Å²) in [7, 11) is 0. The summed E-state index contributed by atoms with van der Waals surface area (Å²) in [5.74, 6) is 0. The van der Waals surface area contributed by atoms with Crippen molar-refractivity contribution in [2.75, 3.05) is 0 Å². The van der Waals surface area contributed by atoms with Gasteiger partial charge in [0.05, 0.1) is 12.1 Å². The van der Waals surface area contributed by atoms with Crippen molar-refractivity contribution in [1.82, 2.24) is 9.55 Å². The molecular weight excluding hydrogens is 310 g/mol. The molecule has 8 heteroatoms. The molecule has 0 bridgehead atoms. The lowest BCUT2D eigenvalue weighted by atomic mass is 9.96. The highest BCUT2D eigenvalue weighted by atomic mass is 16.5. The summed E-state index contributed by atoms with van der Waals surface area (Å²) in [6.45, 7) is 1.63. The molecule has 3 atom stereocenters. The van der Waals surface area contributed by atoms with Crippen molar-refractivity contribution < 1.29 is 4.74 Å². The monoisotopic (exact) mass is 329 g/mol. The van der Waals surface area contributed by atoms with Gasteiger partial charge in [0.15, 0.2) is 0 Å². The third kappa shape index (κ3) is 3.20. The minimum absolute atomic E-state index is 0.310. The molecule has 24 heavy (non-hydrogen) atoms. The van der Waals surface area contributed by atoms with Crippen molar-refractivity contribution in [3.63, 3.8) is 0 Å². The molecule has 2 aliphatic rings. The van der Waals surface area contributed by atoms with Gasteiger partial charge in [-0.25, -0.2) is 9.36 Å². The Bertz CT molecular complexity index is 844. The molecule has 126 valence electrons. The van der Waals surface area contributed by atoms with Gasteiger partial charge in [0.25, 0.3) is 5.56 Å². The van der Waals surface area contributed by atoms with Crippen LogP contribution in [0, 0.1) is 6.92 Å². The lowest BCUT2D eigenvalue weighted by Crippen LogP contribution is -2.39. The van der Waals surface area contributed by atoms with Crippen LogP contribution in [0.2, 0.25) is 0 Å². The second-order valence-electron chi connectivity index (χ2n) is 6.09. The number of allylic oxidation sites excluding steroid dienone is 3. The Morgan fingerprint density at radius 3 is 3.04 bits per heavy atom. The van der Waals surface area contributed by atoms with Crippen molar-refractivity contribution >= 4 is 0 Å². The fourth-order valence-electron chi connectivity index (χ4n) is 3.17. The molecule has 0 saturated carbocycles. The molecule has 1 N–H and O–H groups in total. The molecule has 0 radical (unpaired) electrons. The number of hydrogen-bond acceptors (Lipinski definition) is 4. The maximum Gasteiger partial charge on any atom is 0.330 e. The van der Waals surface area contributed by atoms with E-state index >= 15 is 0 Å². The van der Waals surface area contributed by atoms with Crippen LogP contribution in [0.25, 0.3) is 10.4 Å². The van der Waals surface area contributed by atoms with E-state index in [-0.39, 0.29) is 11.7 Å². The SMILES string of the molecule is Cc1c[nH]c(=O)n([C@@H]2C[C@H](N=[N+]=[N-])[C@H](CC3=CC=CCC3)O2)c1=O. The van der Waals surface area contributed by atoms with E-state index in [0.29, 0.717) is 18.4 Å². The Kier molecular flexibility index (Phi) is 4.69. The molecule has 8 nitrogen and oxygen atoms in total. The first-order valence-corrected chi connectivity index (χ1v) is 7.95. The summed E-state index contributed by atoms with van der Waals surface area (Å²) in [5, 5.41) is 3.81. The first-order chi connectivity index (χ1) is 11.6. The van der Waals surface area contributed by atoms with Gasteiger partial charge in [0.2, 0.25) is 0 Å². The van der Waals surface area contributed by atoms with Crippen molar-refractivity contribution in [2.45, 2.75) is 51.0 Å². The first kappa shape index (κ1) is 16.3. The van der Waals surface area contributed by atoms with E-state index in [1.807, 2.05) is 12.2 Å². The van der Waals surface area contributed by atoms with E-state index in [1.54, 1.807) is 6.92 Å². The highest BCUT2D eigenvalue weighted by Gasteiger charge is 2.37. The lowest BCUT2D eigenvalue weighted by Gasteiger charge is -2.18. The van der Waals surface area contributed by atoms with E-state index in [9.17, 15) is 9.59 Å². The molecule has 1 aromatic heterocycles. The Balaban J connectivity index is 1.88. The maximum absolute atomic E-state index is 12.3. The van der Waals surface area contributed by atoms with Gasteiger partial charge in [-0.15, -0.1) is 0 Å². The highest BCUT2D eigenvalue weighted by molar-refractivity contribution is 5.19. The molecule has 0 unspecified atom stereocenters. The van der Waals surface area contributed by atoms with Gasteiger partial charge >= 0.3 is 5.69 Å². The number of nitrogens with one attached hydrogen (secondary N) is 1. The largest absolute Gasteiger partial charge is 0.354 e. The van der Waals surface area contributed by atoms with E-state index in [0.717, 1.165) is 17.4 Å². The second kappa shape index (κ2) is 6.90. The van der Waals surface area contributed by atoms with E-state index in [4.69, 9.17) is 10.3 Å². The fourth-order valence-corrected chi connectivity index (χ4v) is 3.17. The van der Waals surface area contributed by atoms with Crippen LogP contribution in [0.4, 0.5) is 0 Å². The third-order valence-electron chi connectivity index (χ3n) is 4.44. The molecule has 0 spiro atoms. The van der Waals surface area contributed by atoms with E-state index < -0.39 is 18.0 Å². The van der Waals surface area contributed by atoms with Crippen LogP contribution in [-0.2, 0) is 4.74 Å². The Morgan fingerprint density at radius 1 is 1.50 bits per heavy atom. The zero-order valence-corrected chi connectivity index (χ0v) is 13.4. The topological polar surface area (TPSA) is 113 Å². The molecule has 1 saturated heterocycles. The third-order valence-corrected chi connectivity index (χ3v) is 4.44. The Labute approximate surface area is 138 Å². The van der Waals surface area contributed by atoms with Crippen molar-refractivity contribution in [2.24, 2.45) is 5.11 Å². The van der Waals surface area contributed by atoms with Gasteiger partial charge < -0.3 is 9.72 Å². The second-order valence-corrected chi connectivity index (χ2v) is 6.09. The standard InChI is InChI=1S/C16H19N5O3/c1-10-9-18-16(23)21(15(10)22)14-8-12(19-20-17)13(24-14)7-11-5-3-2-4-6-11/h2-3,5,9,12-14H,4,6-8H2,1H3,(H,18,23)/t12-,13-,14-/m0/s1.